The summed E-state index contributed by atoms with van der Waals surface area (Å²) in [5, 5.41) is 0.925. The largest absolute Gasteiger partial charge is 0.326 e. The second kappa shape index (κ2) is 2.90. The van der Waals surface area contributed by atoms with Gasteiger partial charge in [0.15, 0.2) is 11.6 Å². The van der Waals surface area contributed by atoms with Crippen LogP contribution < -0.4 is 5.56 Å². The van der Waals surface area contributed by atoms with Gasteiger partial charge in [0, 0.05) is 17.1 Å². The van der Waals surface area contributed by atoms with Gasteiger partial charge in [-0.25, -0.2) is 8.78 Å². The van der Waals surface area contributed by atoms with Crippen molar-refractivity contribution >= 4 is 10.8 Å². The molecule has 0 atom stereocenters. The van der Waals surface area contributed by atoms with Gasteiger partial charge in [-0.15, -0.1) is 0 Å². The Hall–Kier alpha value is -1.71. The fourth-order valence-electron chi connectivity index (χ4n) is 1.44. The summed E-state index contributed by atoms with van der Waals surface area (Å²) in [7, 11) is 0. The summed E-state index contributed by atoms with van der Waals surface area (Å²) >= 11 is 0. The SMILES string of the molecule is Cc1[nH]c(=O)cc2cc(F)c(F)cc12. The first-order valence-corrected chi connectivity index (χ1v) is 4.06. The van der Waals surface area contributed by atoms with Gasteiger partial charge in [-0.3, -0.25) is 4.79 Å². The van der Waals surface area contributed by atoms with E-state index in [0.29, 0.717) is 16.5 Å². The van der Waals surface area contributed by atoms with Crippen LogP contribution in [0.4, 0.5) is 8.78 Å². The number of nitrogens with one attached hydrogen (secondary N) is 1. The Morgan fingerprint density at radius 3 is 2.50 bits per heavy atom. The zero-order valence-corrected chi connectivity index (χ0v) is 7.40. The molecule has 1 N–H and O–H groups in total. The number of hydrogen-bond donors (Lipinski definition) is 1. The van der Waals surface area contributed by atoms with Crippen LogP contribution in [0.15, 0.2) is 23.0 Å². The van der Waals surface area contributed by atoms with Crippen molar-refractivity contribution in [1.82, 2.24) is 4.98 Å². The Morgan fingerprint density at radius 2 is 1.79 bits per heavy atom. The minimum atomic E-state index is -0.942. The number of fused-ring (bicyclic) bond motifs is 1. The lowest BCUT2D eigenvalue weighted by molar-refractivity contribution is 0.511. The Bertz CT molecular complexity index is 560. The number of halogens is 2. The summed E-state index contributed by atoms with van der Waals surface area (Å²) in [6, 6.07) is 3.34. The van der Waals surface area contributed by atoms with Crippen LogP contribution >= 0.6 is 0 Å². The van der Waals surface area contributed by atoms with E-state index in [4.69, 9.17) is 0 Å². The number of benzene rings is 1. The summed E-state index contributed by atoms with van der Waals surface area (Å²) in [4.78, 5) is 13.5. The zero-order valence-electron chi connectivity index (χ0n) is 7.40. The van der Waals surface area contributed by atoms with Crippen molar-refractivity contribution in [3.05, 3.63) is 45.9 Å². The van der Waals surface area contributed by atoms with Crippen molar-refractivity contribution in [2.45, 2.75) is 6.92 Å². The number of rotatable bonds is 0. The molecular weight excluding hydrogens is 188 g/mol. The van der Waals surface area contributed by atoms with E-state index in [1.165, 1.54) is 6.07 Å². The Labute approximate surface area is 78.2 Å². The normalized spacial score (nSPS) is 10.8. The van der Waals surface area contributed by atoms with E-state index in [1.54, 1.807) is 6.92 Å². The standard InChI is InChI=1S/C10H7F2NO/c1-5-7-4-9(12)8(11)2-6(7)3-10(14)13-5/h2-4H,1H3,(H,13,14). The van der Waals surface area contributed by atoms with Gasteiger partial charge in [0.25, 0.3) is 0 Å². The molecule has 14 heavy (non-hydrogen) atoms. The molecular formula is C10H7F2NO. The van der Waals surface area contributed by atoms with E-state index in [1.807, 2.05) is 0 Å². The van der Waals surface area contributed by atoms with Crippen molar-refractivity contribution in [1.29, 1.82) is 0 Å². The quantitative estimate of drug-likeness (QED) is 0.686. The fraction of sp³-hybridized carbons (Fsp3) is 0.100. The van der Waals surface area contributed by atoms with E-state index in [0.717, 1.165) is 12.1 Å². The van der Waals surface area contributed by atoms with Gasteiger partial charge in [-0.1, -0.05) is 0 Å². The molecule has 2 rings (SSSR count). The molecule has 0 saturated carbocycles. The molecule has 72 valence electrons. The summed E-state index contributed by atoms with van der Waals surface area (Å²) in [5.74, 6) is -1.85. The smallest absolute Gasteiger partial charge is 0.248 e. The number of pyridine rings is 1. The second-order valence-electron chi connectivity index (χ2n) is 3.11. The molecule has 0 spiro atoms. The molecule has 0 aliphatic heterocycles. The van der Waals surface area contributed by atoms with Crippen LogP contribution in [0.1, 0.15) is 5.69 Å². The molecule has 2 aromatic rings. The van der Waals surface area contributed by atoms with Crippen molar-refractivity contribution < 1.29 is 8.78 Å². The van der Waals surface area contributed by atoms with Crippen molar-refractivity contribution in [2.75, 3.05) is 0 Å². The molecule has 0 unspecified atom stereocenters. The fourth-order valence-corrected chi connectivity index (χ4v) is 1.44. The van der Waals surface area contributed by atoms with Crippen LogP contribution in [0.5, 0.6) is 0 Å². The lowest BCUT2D eigenvalue weighted by atomic mass is 10.1. The number of H-pyrrole nitrogens is 1. The predicted molar refractivity (Wildman–Crippen MR) is 49.2 cm³/mol. The van der Waals surface area contributed by atoms with Crippen LogP contribution in [-0.4, -0.2) is 4.98 Å². The van der Waals surface area contributed by atoms with E-state index in [-0.39, 0.29) is 5.56 Å². The topological polar surface area (TPSA) is 32.9 Å². The molecule has 1 aromatic carbocycles. The Balaban J connectivity index is 2.96. The van der Waals surface area contributed by atoms with Crippen molar-refractivity contribution in [3.8, 4) is 0 Å². The van der Waals surface area contributed by atoms with Crippen LogP contribution in [0.3, 0.4) is 0 Å². The highest BCUT2D eigenvalue weighted by molar-refractivity contribution is 5.84. The van der Waals surface area contributed by atoms with Gasteiger partial charge >= 0.3 is 0 Å². The third kappa shape index (κ3) is 1.28. The maximum atomic E-state index is 12.9. The first-order chi connectivity index (χ1) is 6.58. The zero-order chi connectivity index (χ0) is 10.3. The van der Waals surface area contributed by atoms with Gasteiger partial charge in [0.1, 0.15) is 0 Å². The van der Waals surface area contributed by atoms with Gasteiger partial charge < -0.3 is 4.98 Å². The van der Waals surface area contributed by atoms with Crippen molar-refractivity contribution in [3.63, 3.8) is 0 Å². The van der Waals surface area contributed by atoms with Gasteiger partial charge in [-0.2, -0.15) is 0 Å². The third-order valence-electron chi connectivity index (χ3n) is 2.09. The highest BCUT2D eigenvalue weighted by Gasteiger charge is 2.06. The first-order valence-electron chi connectivity index (χ1n) is 4.06. The summed E-state index contributed by atoms with van der Waals surface area (Å²) in [5.41, 5.74) is 0.215. The molecule has 0 bridgehead atoms. The highest BCUT2D eigenvalue weighted by atomic mass is 19.2. The van der Waals surface area contributed by atoms with Crippen molar-refractivity contribution in [2.24, 2.45) is 0 Å². The summed E-state index contributed by atoms with van der Waals surface area (Å²) in [6.07, 6.45) is 0. The van der Waals surface area contributed by atoms with E-state index < -0.39 is 11.6 Å². The molecule has 0 amide bonds. The molecule has 1 heterocycles. The predicted octanol–water partition coefficient (Wildman–Crippen LogP) is 2.11. The van der Waals surface area contributed by atoms with Crippen LogP contribution in [0.25, 0.3) is 10.8 Å². The maximum Gasteiger partial charge on any atom is 0.248 e. The van der Waals surface area contributed by atoms with Crippen LogP contribution in [0.2, 0.25) is 0 Å². The van der Waals surface area contributed by atoms with Crippen LogP contribution in [0, 0.1) is 18.6 Å². The monoisotopic (exact) mass is 195 g/mol. The Morgan fingerprint density at radius 1 is 1.14 bits per heavy atom. The lowest BCUT2D eigenvalue weighted by Gasteiger charge is -2.01. The molecule has 0 fully saturated rings. The van der Waals surface area contributed by atoms with E-state index >= 15 is 0 Å². The molecule has 0 aliphatic rings. The molecule has 0 radical (unpaired) electrons. The average Bonchev–Trinajstić information content (AvgIpc) is 2.08. The number of hydrogen-bond acceptors (Lipinski definition) is 1. The molecule has 1 aromatic heterocycles. The number of aromatic amines is 1. The van der Waals surface area contributed by atoms with E-state index in [2.05, 4.69) is 4.98 Å². The first kappa shape index (κ1) is 8.87. The molecule has 4 heteroatoms. The van der Waals surface area contributed by atoms with Crippen LogP contribution in [-0.2, 0) is 0 Å². The molecule has 0 saturated heterocycles. The second-order valence-corrected chi connectivity index (χ2v) is 3.11. The van der Waals surface area contributed by atoms with Gasteiger partial charge in [0.2, 0.25) is 5.56 Å². The van der Waals surface area contributed by atoms with Gasteiger partial charge in [-0.05, 0) is 24.4 Å². The Kier molecular flexibility index (Phi) is 1.84. The van der Waals surface area contributed by atoms with Gasteiger partial charge in [0.05, 0.1) is 0 Å². The minimum absolute atomic E-state index is 0.319. The number of aryl methyl sites for hydroxylation is 1. The third-order valence-corrected chi connectivity index (χ3v) is 2.09. The molecule has 2 nitrogen and oxygen atoms in total. The minimum Gasteiger partial charge on any atom is -0.326 e. The van der Waals surface area contributed by atoms with E-state index in [9.17, 15) is 13.6 Å². The average molecular weight is 195 g/mol. The summed E-state index contributed by atoms with van der Waals surface area (Å²) < 4.78 is 25.7. The maximum absolute atomic E-state index is 12.9. The summed E-state index contributed by atoms with van der Waals surface area (Å²) in [6.45, 7) is 1.64. The highest BCUT2D eigenvalue weighted by Crippen LogP contribution is 2.18. The lowest BCUT2D eigenvalue weighted by Crippen LogP contribution is -2.05. The number of aromatic nitrogens is 1. The molecule has 0 aliphatic carbocycles.